The number of ether oxygens (including phenoxy) is 2. The minimum atomic E-state index is -0.227. The molecule has 5 rings (SSSR count). The molecule has 1 aliphatic heterocycles. The van der Waals surface area contributed by atoms with Gasteiger partial charge in [0.25, 0.3) is 5.56 Å². The molecule has 2 aromatic carbocycles. The van der Waals surface area contributed by atoms with E-state index in [1.54, 1.807) is 35.1 Å². The molecule has 0 aliphatic carbocycles. The molecule has 3 heterocycles. The van der Waals surface area contributed by atoms with E-state index in [1.165, 1.54) is 0 Å². The summed E-state index contributed by atoms with van der Waals surface area (Å²) in [6, 6.07) is 14.7. The second-order valence-corrected chi connectivity index (χ2v) is 7.33. The maximum Gasteiger partial charge on any atom is 0.258 e. The average molecular weight is 409 g/mol. The van der Waals surface area contributed by atoms with E-state index in [1.807, 2.05) is 24.3 Å². The first-order valence-electron chi connectivity index (χ1n) is 9.26. The molecule has 0 bridgehead atoms. The maximum absolute atomic E-state index is 12.5. The molecule has 1 aliphatic rings. The third kappa shape index (κ3) is 3.62. The van der Waals surface area contributed by atoms with Crippen LogP contribution in [0.1, 0.15) is 6.42 Å². The number of aromatic amines is 1. The van der Waals surface area contributed by atoms with E-state index in [4.69, 9.17) is 21.1 Å². The van der Waals surface area contributed by atoms with Crippen molar-refractivity contribution in [3.63, 3.8) is 0 Å². The molecule has 0 radical (unpaired) electrons. The zero-order valence-electron chi connectivity index (χ0n) is 15.3. The summed E-state index contributed by atoms with van der Waals surface area (Å²) in [4.78, 5) is 15.3. The topological polar surface area (TPSA) is 82.0 Å². The molecule has 1 saturated heterocycles. The molecule has 146 valence electrons. The lowest BCUT2D eigenvalue weighted by Gasteiger charge is -2.11. The highest BCUT2D eigenvalue weighted by atomic mass is 35.5. The summed E-state index contributed by atoms with van der Waals surface area (Å²) < 4.78 is 12.8. The Hall–Kier alpha value is -3.16. The smallest absolute Gasteiger partial charge is 0.258 e. The highest BCUT2D eigenvalue weighted by Crippen LogP contribution is 2.23. The number of hydrogen-bond donors (Lipinski definition) is 1. The van der Waals surface area contributed by atoms with Crippen molar-refractivity contribution < 1.29 is 9.47 Å². The quantitative estimate of drug-likeness (QED) is 0.558. The molecule has 2 aromatic heterocycles. The predicted octanol–water partition coefficient (Wildman–Crippen LogP) is 3.60. The van der Waals surface area contributed by atoms with Crippen LogP contribution in [0.4, 0.5) is 0 Å². The number of rotatable bonds is 4. The van der Waals surface area contributed by atoms with Crippen molar-refractivity contribution in [2.45, 2.75) is 12.5 Å². The molecule has 0 amide bonds. The van der Waals surface area contributed by atoms with Crippen LogP contribution in [0.15, 0.2) is 59.5 Å². The van der Waals surface area contributed by atoms with Gasteiger partial charge >= 0.3 is 0 Å². The van der Waals surface area contributed by atoms with Crippen LogP contribution < -0.4 is 10.3 Å². The van der Waals surface area contributed by atoms with Gasteiger partial charge in [0.1, 0.15) is 17.5 Å². The minimum Gasteiger partial charge on any atom is -0.488 e. The fourth-order valence-corrected chi connectivity index (χ4v) is 3.54. The Labute approximate surface area is 170 Å². The van der Waals surface area contributed by atoms with Crippen LogP contribution >= 0.6 is 11.6 Å². The van der Waals surface area contributed by atoms with Gasteiger partial charge in [0.05, 0.1) is 30.7 Å². The zero-order valence-corrected chi connectivity index (χ0v) is 16.1. The number of H-pyrrole nitrogens is 1. The number of aromatic nitrogens is 4. The monoisotopic (exact) mass is 408 g/mol. The fraction of sp³-hybridized carbons (Fsp3) is 0.190. The van der Waals surface area contributed by atoms with Crippen molar-refractivity contribution in [1.82, 2.24) is 20.0 Å². The summed E-state index contributed by atoms with van der Waals surface area (Å²) in [7, 11) is 0. The number of nitrogens with one attached hydrogen (secondary N) is 1. The molecule has 1 unspecified atom stereocenters. The Morgan fingerprint density at radius 3 is 2.83 bits per heavy atom. The van der Waals surface area contributed by atoms with Crippen molar-refractivity contribution in [2.75, 3.05) is 13.2 Å². The van der Waals surface area contributed by atoms with Gasteiger partial charge < -0.3 is 14.5 Å². The van der Waals surface area contributed by atoms with E-state index < -0.39 is 0 Å². The number of halogens is 1. The molecule has 29 heavy (non-hydrogen) atoms. The minimum absolute atomic E-state index is 0.104. The summed E-state index contributed by atoms with van der Waals surface area (Å²) in [6.45, 7) is 1.37. The molecule has 7 nitrogen and oxygen atoms in total. The standard InChI is InChI=1S/C21H17ClN4O3/c22-14-1-6-19-13(9-14)10-18(21(27)23-19)20-11-26(25-24-20)15-2-4-16(5-3-15)29-17-7-8-28-12-17/h1-6,9-11,17H,7-8,12H2,(H,23,27). The Kier molecular flexibility index (Phi) is 4.54. The van der Waals surface area contributed by atoms with Crippen LogP contribution in [0.3, 0.4) is 0 Å². The molecule has 1 N–H and O–H groups in total. The fourth-order valence-electron chi connectivity index (χ4n) is 3.36. The number of hydrogen-bond acceptors (Lipinski definition) is 5. The SMILES string of the molecule is O=c1[nH]c2ccc(Cl)cc2cc1-c1cn(-c2ccc(OC3CCOC3)cc2)nn1. The number of fused-ring (bicyclic) bond motifs is 1. The second-order valence-electron chi connectivity index (χ2n) is 6.89. The number of nitrogens with zero attached hydrogens (tertiary/aromatic N) is 3. The van der Waals surface area contributed by atoms with E-state index in [0.717, 1.165) is 35.4 Å². The Bertz CT molecular complexity index is 1230. The molecule has 8 heteroatoms. The lowest BCUT2D eigenvalue weighted by molar-refractivity contribution is 0.141. The Balaban J connectivity index is 1.42. The van der Waals surface area contributed by atoms with Crippen molar-refractivity contribution in [1.29, 1.82) is 0 Å². The van der Waals surface area contributed by atoms with Gasteiger partial charge in [-0.3, -0.25) is 4.79 Å². The molecule has 0 spiro atoms. The van der Waals surface area contributed by atoms with Crippen LogP contribution in [0, 0.1) is 0 Å². The summed E-state index contributed by atoms with van der Waals surface area (Å²) in [5.41, 5.74) is 2.23. The predicted molar refractivity (Wildman–Crippen MR) is 110 cm³/mol. The van der Waals surface area contributed by atoms with Crippen molar-refractivity contribution in [3.8, 4) is 22.7 Å². The van der Waals surface area contributed by atoms with Crippen molar-refractivity contribution in [3.05, 3.63) is 70.1 Å². The highest BCUT2D eigenvalue weighted by molar-refractivity contribution is 6.31. The van der Waals surface area contributed by atoms with Gasteiger partial charge in [0.15, 0.2) is 0 Å². The van der Waals surface area contributed by atoms with E-state index in [2.05, 4.69) is 15.3 Å². The summed E-state index contributed by atoms with van der Waals surface area (Å²) >= 11 is 6.07. The highest BCUT2D eigenvalue weighted by Gasteiger charge is 2.17. The first-order valence-corrected chi connectivity index (χ1v) is 9.64. The van der Waals surface area contributed by atoms with E-state index in [-0.39, 0.29) is 11.7 Å². The van der Waals surface area contributed by atoms with Gasteiger partial charge in [-0.25, -0.2) is 4.68 Å². The Morgan fingerprint density at radius 2 is 2.03 bits per heavy atom. The van der Waals surface area contributed by atoms with Gasteiger partial charge in [0.2, 0.25) is 0 Å². The van der Waals surface area contributed by atoms with Gasteiger partial charge in [-0.05, 0) is 48.5 Å². The molecule has 0 saturated carbocycles. The van der Waals surface area contributed by atoms with Gasteiger partial charge in [-0.1, -0.05) is 16.8 Å². The average Bonchev–Trinajstić information content (AvgIpc) is 3.41. The van der Waals surface area contributed by atoms with Gasteiger partial charge in [-0.15, -0.1) is 5.10 Å². The number of pyridine rings is 1. The lowest BCUT2D eigenvalue weighted by atomic mass is 10.1. The van der Waals surface area contributed by atoms with Crippen molar-refractivity contribution >= 4 is 22.5 Å². The summed E-state index contributed by atoms with van der Waals surface area (Å²) in [6.07, 6.45) is 2.73. The van der Waals surface area contributed by atoms with E-state index in [9.17, 15) is 4.79 Å². The van der Waals surface area contributed by atoms with Crippen LogP contribution in [0.5, 0.6) is 5.75 Å². The first-order chi connectivity index (χ1) is 14.2. The van der Waals surface area contributed by atoms with E-state index in [0.29, 0.717) is 22.9 Å². The third-order valence-electron chi connectivity index (χ3n) is 4.87. The normalized spacial score (nSPS) is 16.4. The van der Waals surface area contributed by atoms with Crippen LogP contribution in [0.2, 0.25) is 5.02 Å². The molecule has 4 aromatic rings. The Morgan fingerprint density at radius 1 is 1.17 bits per heavy atom. The van der Waals surface area contributed by atoms with E-state index >= 15 is 0 Å². The molecule has 1 fully saturated rings. The second kappa shape index (κ2) is 7.35. The molecular formula is C21H17ClN4O3. The summed E-state index contributed by atoms with van der Waals surface area (Å²) in [5.74, 6) is 0.785. The number of benzene rings is 2. The zero-order chi connectivity index (χ0) is 19.8. The summed E-state index contributed by atoms with van der Waals surface area (Å²) in [5, 5.41) is 9.77. The largest absolute Gasteiger partial charge is 0.488 e. The molecule has 1 atom stereocenters. The first kappa shape index (κ1) is 17.9. The maximum atomic E-state index is 12.5. The van der Waals surface area contributed by atoms with Gasteiger partial charge in [0, 0.05) is 22.3 Å². The van der Waals surface area contributed by atoms with Gasteiger partial charge in [-0.2, -0.15) is 0 Å². The lowest BCUT2D eigenvalue weighted by Crippen LogP contribution is -2.15. The van der Waals surface area contributed by atoms with Crippen LogP contribution in [0.25, 0.3) is 27.8 Å². The van der Waals surface area contributed by atoms with Crippen LogP contribution in [-0.2, 0) is 4.74 Å². The third-order valence-corrected chi connectivity index (χ3v) is 5.10. The van der Waals surface area contributed by atoms with Crippen molar-refractivity contribution in [2.24, 2.45) is 0 Å². The van der Waals surface area contributed by atoms with Crippen LogP contribution in [-0.4, -0.2) is 39.3 Å². The molecular weight excluding hydrogens is 392 g/mol.